The number of likely N-dealkylation sites (N-methyl/N-ethyl adjacent to an activating group) is 1. The van der Waals surface area contributed by atoms with Crippen LogP contribution in [0.15, 0.2) is 35.7 Å². The average Bonchev–Trinajstić information content (AvgIpc) is 3.28. The molecule has 1 aromatic carbocycles. The van der Waals surface area contributed by atoms with Crippen molar-refractivity contribution in [1.29, 1.82) is 0 Å². The second kappa shape index (κ2) is 11.4. The fourth-order valence-corrected chi connectivity index (χ4v) is 4.85. The highest BCUT2D eigenvalue weighted by Gasteiger charge is 2.33. The second-order valence-electron chi connectivity index (χ2n) is 8.43. The quantitative estimate of drug-likeness (QED) is 0.587. The summed E-state index contributed by atoms with van der Waals surface area (Å²) in [4.78, 5) is 30.4. The first-order chi connectivity index (χ1) is 15.4. The molecular weight excluding hydrogens is 422 g/mol. The van der Waals surface area contributed by atoms with E-state index >= 15 is 0 Å². The summed E-state index contributed by atoms with van der Waals surface area (Å²) in [7, 11) is 0. The molecule has 0 fully saturated rings. The van der Waals surface area contributed by atoms with Crippen LogP contribution in [0.4, 0.5) is 4.79 Å². The highest BCUT2D eigenvalue weighted by molar-refractivity contribution is 7.10. The normalized spacial score (nSPS) is 15.4. The van der Waals surface area contributed by atoms with Crippen molar-refractivity contribution >= 4 is 23.3 Å². The largest absolute Gasteiger partial charge is 0.491 e. The van der Waals surface area contributed by atoms with Crippen molar-refractivity contribution in [1.82, 2.24) is 15.1 Å². The Kier molecular flexibility index (Phi) is 8.56. The van der Waals surface area contributed by atoms with E-state index in [0.29, 0.717) is 32.2 Å². The summed E-state index contributed by atoms with van der Waals surface area (Å²) in [5, 5.41) is 4.95. The third-order valence-electron chi connectivity index (χ3n) is 5.89. The molecule has 0 radical (unpaired) electrons. The van der Waals surface area contributed by atoms with Gasteiger partial charge in [-0.25, -0.2) is 4.79 Å². The van der Waals surface area contributed by atoms with E-state index in [4.69, 9.17) is 4.74 Å². The maximum absolute atomic E-state index is 13.3. The lowest BCUT2D eigenvalue weighted by Crippen LogP contribution is -2.49. The molecule has 32 heavy (non-hydrogen) atoms. The van der Waals surface area contributed by atoms with E-state index < -0.39 is 0 Å². The Labute approximate surface area is 195 Å². The number of urea groups is 1. The van der Waals surface area contributed by atoms with Gasteiger partial charge in [-0.1, -0.05) is 32.9 Å². The Morgan fingerprint density at radius 3 is 2.62 bits per heavy atom. The Hall–Kier alpha value is -2.54. The molecule has 3 rings (SSSR count). The molecule has 1 aliphatic rings. The van der Waals surface area contributed by atoms with E-state index in [9.17, 15) is 9.59 Å². The zero-order valence-electron chi connectivity index (χ0n) is 19.6. The standard InChI is InChI=1S/C25H35N3O3S/c1-5-13-26-25(30)27(6-2)16-24(29)28-14-11-23-21(12-15-32-23)22(28)17-31-20-9-7-19(8-10-20)18(3)4/h7-10,12,15,18,22H,5-6,11,13-14,16-17H2,1-4H3,(H,26,30)/t22-/m1/s1. The number of amides is 3. The van der Waals surface area contributed by atoms with Gasteiger partial charge in [0.15, 0.2) is 0 Å². The fourth-order valence-electron chi connectivity index (χ4n) is 3.92. The van der Waals surface area contributed by atoms with Crippen LogP contribution in [-0.4, -0.2) is 54.5 Å². The maximum Gasteiger partial charge on any atom is 0.317 e. The van der Waals surface area contributed by atoms with E-state index in [1.54, 1.807) is 16.2 Å². The molecule has 1 aromatic heterocycles. The number of ether oxygens (including phenoxy) is 1. The van der Waals surface area contributed by atoms with Crippen LogP contribution in [0, 0.1) is 0 Å². The van der Waals surface area contributed by atoms with Crippen molar-refractivity contribution in [3.05, 3.63) is 51.7 Å². The number of benzene rings is 1. The molecule has 174 valence electrons. The van der Waals surface area contributed by atoms with Crippen LogP contribution in [0.3, 0.4) is 0 Å². The molecule has 1 atom stereocenters. The van der Waals surface area contributed by atoms with Crippen LogP contribution in [0.5, 0.6) is 5.75 Å². The minimum atomic E-state index is -0.186. The molecule has 6 nitrogen and oxygen atoms in total. The monoisotopic (exact) mass is 457 g/mol. The van der Waals surface area contributed by atoms with Crippen LogP contribution >= 0.6 is 11.3 Å². The van der Waals surface area contributed by atoms with Gasteiger partial charge in [0.25, 0.3) is 0 Å². The second-order valence-corrected chi connectivity index (χ2v) is 9.43. The van der Waals surface area contributed by atoms with Crippen molar-refractivity contribution < 1.29 is 14.3 Å². The molecular formula is C25H35N3O3S. The molecule has 0 bridgehead atoms. The minimum Gasteiger partial charge on any atom is -0.491 e. The SMILES string of the molecule is CCCNC(=O)N(CC)CC(=O)N1CCc2sccc2[C@H]1COc1ccc(C(C)C)cc1. The first-order valence-electron chi connectivity index (χ1n) is 11.6. The Balaban J connectivity index is 1.71. The van der Waals surface area contributed by atoms with E-state index in [2.05, 4.69) is 42.7 Å². The Bertz CT molecular complexity index is 894. The maximum atomic E-state index is 13.3. The van der Waals surface area contributed by atoms with Crippen LogP contribution in [0.25, 0.3) is 0 Å². The molecule has 3 amide bonds. The number of carbonyl (C=O) groups excluding carboxylic acids is 2. The predicted octanol–water partition coefficient (Wildman–Crippen LogP) is 4.82. The van der Waals surface area contributed by atoms with Crippen molar-refractivity contribution in [2.75, 3.05) is 32.8 Å². The Morgan fingerprint density at radius 2 is 1.97 bits per heavy atom. The lowest BCUT2D eigenvalue weighted by Gasteiger charge is -2.37. The molecule has 0 aliphatic carbocycles. The fraction of sp³-hybridized carbons (Fsp3) is 0.520. The lowest BCUT2D eigenvalue weighted by molar-refractivity contribution is -0.135. The van der Waals surface area contributed by atoms with Crippen molar-refractivity contribution in [2.24, 2.45) is 0 Å². The van der Waals surface area contributed by atoms with Crippen molar-refractivity contribution in [3.63, 3.8) is 0 Å². The number of hydrogen-bond donors (Lipinski definition) is 1. The molecule has 7 heteroatoms. The third kappa shape index (κ3) is 5.82. The zero-order chi connectivity index (χ0) is 23.1. The van der Waals surface area contributed by atoms with Gasteiger partial charge in [0, 0.05) is 24.5 Å². The van der Waals surface area contributed by atoms with Crippen LogP contribution in [0.2, 0.25) is 0 Å². The van der Waals surface area contributed by atoms with Crippen LogP contribution in [-0.2, 0) is 11.2 Å². The van der Waals surface area contributed by atoms with Gasteiger partial charge in [-0.2, -0.15) is 0 Å². The summed E-state index contributed by atoms with van der Waals surface area (Å²) in [6, 6.07) is 9.93. The van der Waals surface area contributed by atoms with Gasteiger partial charge in [0.05, 0.1) is 6.04 Å². The number of carbonyl (C=O) groups is 2. The summed E-state index contributed by atoms with van der Waals surface area (Å²) in [5.41, 5.74) is 2.43. The third-order valence-corrected chi connectivity index (χ3v) is 6.89. The molecule has 0 unspecified atom stereocenters. The molecule has 1 aliphatic heterocycles. The minimum absolute atomic E-state index is 0.0425. The molecule has 2 heterocycles. The number of fused-ring (bicyclic) bond motifs is 1. The van der Waals surface area contributed by atoms with Crippen LogP contribution < -0.4 is 10.1 Å². The van der Waals surface area contributed by atoms with Gasteiger partial charge in [0.2, 0.25) is 5.91 Å². The first-order valence-corrected chi connectivity index (χ1v) is 12.4. The lowest BCUT2D eigenvalue weighted by atomic mass is 10.00. The summed E-state index contributed by atoms with van der Waals surface area (Å²) < 4.78 is 6.14. The molecule has 0 saturated heterocycles. The van der Waals surface area contributed by atoms with E-state index in [1.165, 1.54) is 10.4 Å². The first kappa shape index (κ1) is 24.1. The van der Waals surface area contributed by atoms with Gasteiger partial charge in [-0.15, -0.1) is 11.3 Å². The van der Waals surface area contributed by atoms with Gasteiger partial charge in [-0.05, 0) is 60.4 Å². The highest BCUT2D eigenvalue weighted by atomic mass is 32.1. The predicted molar refractivity (Wildman–Crippen MR) is 129 cm³/mol. The summed E-state index contributed by atoms with van der Waals surface area (Å²) >= 11 is 1.73. The summed E-state index contributed by atoms with van der Waals surface area (Å²) in [6.45, 7) is 10.4. The number of rotatable bonds is 9. The molecule has 2 aromatic rings. The average molecular weight is 458 g/mol. The highest BCUT2D eigenvalue weighted by Crippen LogP contribution is 2.34. The summed E-state index contributed by atoms with van der Waals surface area (Å²) in [5.74, 6) is 1.23. The number of nitrogens with one attached hydrogen (secondary N) is 1. The van der Waals surface area contributed by atoms with Crippen LogP contribution in [0.1, 0.15) is 62.1 Å². The van der Waals surface area contributed by atoms with Gasteiger partial charge < -0.3 is 19.9 Å². The number of nitrogens with zero attached hydrogens (tertiary/aromatic N) is 2. The van der Waals surface area contributed by atoms with Gasteiger partial charge >= 0.3 is 6.03 Å². The molecule has 1 N–H and O–H groups in total. The van der Waals surface area contributed by atoms with E-state index in [-0.39, 0.29) is 24.5 Å². The Morgan fingerprint density at radius 1 is 1.22 bits per heavy atom. The van der Waals surface area contributed by atoms with E-state index in [1.807, 2.05) is 30.9 Å². The van der Waals surface area contributed by atoms with E-state index in [0.717, 1.165) is 24.2 Å². The summed E-state index contributed by atoms with van der Waals surface area (Å²) in [6.07, 6.45) is 1.70. The van der Waals surface area contributed by atoms with Crippen molar-refractivity contribution in [3.8, 4) is 5.75 Å². The number of hydrogen-bond acceptors (Lipinski definition) is 4. The topological polar surface area (TPSA) is 61.9 Å². The molecule has 0 spiro atoms. The number of thiophene rings is 1. The zero-order valence-corrected chi connectivity index (χ0v) is 20.4. The molecule has 0 saturated carbocycles. The van der Waals surface area contributed by atoms with Crippen molar-refractivity contribution in [2.45, 2.75) is 52.5 Å². The smallest absolute Gasteiger partial charge is 0.317 e. The van der Waals surface area contributed by atoms with Gasteiger partial charge in [0.1, 0.15) is 18.9 Å². The van der Waals surface area contributed by atoms with Gasteiger partial charge in [-0.3, -0.25) is 4.79 Å².